The summed E-state index contributed by atoms with van der Waals surface area (Å²) in [4.78, 5) is 0. The standard InChI is InChI=1S/C10H16N2O3/c1-14-6-3-8(13)10(7(12)5-11)9(4-6)15-2/h3-4,7,13H,5,11-12H2,1-2H3/t7-/m0/s1. The van der Waals surface area contributed by atoms with E-state index in [-0.39, 0.29) is 12.3 Å². The van der Waals surface area contributed by atoms with Crippen LogP contribution < -0.4 is 20.9 Å². The third-order valence-electron chi connectivity index (χ3n) is 2.17. The number of ether oxygens (including phenoxy) is 2. The molecule has 0 bridgehead atoms. The Morgan fingerprint density at radius 1 is 1.33 bits per heavy atom. The van der Waals surface area contributed by atoms with Crippen LogP contribution in [0.1, 0.15) is 11.6 Å². The fourth-order valence-electron chi connectivity index (χ4n) is 1.36. The van der Waals surface area contributed by atoms with E-state index in [9.17, 15) is 5.11 Å². The predicted molar refractivity (Wildman–Crippen MR) is 57.2 cm³/mol. The molecule has 5 N–H and O–H groups in total. The molecule has 15 heavy (non-hydrogen) atoms. The maximum Gasteiger partial charge on any atom is 0.131 e. The summed E-state index contributed by atoms with van der Waals surface area (Å²) >= 11 is 0. The molecule has 0 saturated carbocycles. The SMILES string of the molecule is COc1cc(O)c([C@@H](N)CN)c(OC)c1. The van der Waals surface area contributed by atoms with Gasteiger partial charge in [-0.1, -0.05) is 0 Å². The van der Waals surface area contributed by atoms with E-state index in [1.54, 1.807) is 6.07 Å². The number of aromatic hydroxyl groups is 1. The van der Waals surface area contributed by atoms with Crippen LogP contribution in [0.25, 0.3) is 0 Å². The van der Waals surface area contributed by atoms with Crippen LogP contribution in [0.5, 0.6) is 17.2 Å². The Morgan fingerprint density at radius 3 is 2.47 bits per heavy atom. The lowest BCUT2D eigenvalue weighted by Crippen LogP contribution is -2.21. The van der Waals surface area contributed by atoms with Crippen molar-refractivity contribution in [1.29, 1.82) is 0 Å². The van der Waals surface area contributed by atoms with Crippen molar-refractivity contribution in [3.8, 4) is 17.2 Å². The molecule has 0 fully saturated rings. The van der Waals surface area contributed by atoms with Gasteiger partial charge < -0.3 is 26.0 Å². The van der Waals surface area contributed by atoms with Gasteiger partial charge in [0.05, 0.1) is 19.8 Å². The highest BCUT2D eigenvalue weighted by Crippen LogP contribution is 2.36. The maximum absolute atomic E-state index is 9.74. The number of benzene rings is 1. The minimum absolute atomic E-state index is 0.0316. The summed E-state index contributed by atoms with van der Waals surface area (Å²) in [5.74, 6) is 1.02. The zero-order chi connectivity index (χ0) is 11.4. The topological polar surface area (TPSA) is 90.7 Å². The van der Waals surface area contributed by atoms with Crippen LogP contribution in [0.15, 0.2) is 12.1 Å². The number of methoxy groups -OCH3 is 2. The summed E-state index contributed by atoms with van der Waals surface area (Å²) in [7, 11) is 3.01. The fourth-order valence-corrected chi connectivity index (χ4v) is 1.36. The van der Waals surface area contributed by atoms with Crippen LogP contribution in [0.3, 0.4) is 0 Å². The van der Waals surface area contributed by atoms with Crippen molar-refractivity contribution in [3.05, 3.63) is 17.7 Å². The second-order valence-electron chi connectivity index (χ2n) is 3.10. The van der Waals surface area contributed by atoms with Gasteiger partial charge in [0.1, 0.15) is 17.2 Å². The molecule has 0 saturated heterocycles. The summed E-state index contributed by atoms with van der Waals surface area (Å²) in [6, 6.07) is 2.68. The lowest BCUT2D eigenvalue weighted by Gasteiger charge is -2.16. The van der Waals surface area contributed by atoms with Crippen LogP contribution in [-0.2, 0) is 0 Å². The molecule has 1 rings (SSSR count). The average Bonchev–Trinajstić information content (AvgIpc) is 2.26. The number of hydrogen-bond acceptors (Lipinski definition) is 5. The molecule has 0 spiro atoms. The number of rotatable bonds is 4. The molecule has 1 aromatic carbocycles. The normalized spacial score (nSPS) is 12.3. The maximum atomic E-state index is 9.74. The third-order valence-corrected chi connectivity index (χ3v) is 2.17. The number of phenols is 1. The minimum atomic E-state index is -0.453. The van der Waals surface area contributed by atoms with Crippen LogP contribution >= 0.6 is 0 Å². The van der Waals surface area contributed by atoms with Gasteiger partial charge >= 0.3 is 0 Å². The van der Waals surface area contributed by atoms with Crippen molar-refractivity contribution in [2.24, 2.45) is 11.5 Å². The van der Waals surface area contributed by atoms with Gasteiger partial charge in [-0.3, -0.25) is 0 Å². The van der Waals surface area contributed by atoms with Gasteiger partial charge in [-0.2, -0.15) is 0 Å². The molecule has 5 heteroatoms. The van der Waals surface area contributed by atoms with Crippen LogP contribution in [-0.4, -0.2) is 25.9 Å². The van der Waals surface area contributed by atoms with Gasteiger partial charge in [-0.25, -0.2) is 0 Å². The van der Waals surface area contributed by atoms with E-state index in [1.165, 1.54) is 20.3 Å². The first-order chi connectivity index (χ1) is 7.13. The second kappa shape index (κ2) is 4.86. The summed E-state index contributed by atoms with van der Waals surface area (Å²) < 4.78 is 10.1. The number of hydrogen-bond donors (Lipinski definition) is 3. The van der Waals surface area contributed by atoms with Gasteiger partial charge in [0, 0.05) is 24.7 Å². The van der Waals surface area contributed by atoms with E-state index < -0.39 is 6.04 Å². The number of nitrogens with two attached hydrogens (primary N) is 2. The first-order valence-corrected chi connectivity index (χ1v) is 4.54. The zero-order valence-electron chi connectivity index (χ0n) is 8.86. The van der Waals surface area contributed by atoms with Crippen LogP contribution in [0, 0.1) is 0 Å². The molecule has 0 unspecified atom stereocenters. The van der Waals surface area contributed by atoms with E-state index in [1.807, 2.05) is 0 Å². The molecule has 0 amide bonds. The van der Waals surface area contributed by atoms with E-state index >= 15 is 0 Å². The van der Waals surface area contributed by atoms with Crippen molar-refractivity contribution in [2.45, 2.75) is 6.04 Å². The summed E-state index contributed by atoms with van der Waals surface area (Å²) in [5.41, 5.74) is 11.7. The molecule has 0 heterocycles. The van der Waals surface area contributed by atoms with Gasteiger partial charge in [0.25, 0.3) is 0 Å². The minimum Gasteiger partial charge on any atom is -0.507 e. The Labute approximate surface area is 88.6 Å². The summed E-state index contributed by atoms with van der Waals surface area (Å²) in [5, 5.41) is 9.74. The van der Waals surface area contributed by atoms with Crippen LogP contribution in [0.2, 0.25) is 0 Å². The van der Waals surface area contributed by atoms with E-state index in [0.717, 1.165) is 0 Å². The van der Waals surface area contributed by atoms with E-state index in [0.29, 0.717) is 17.1 Å². The molecule has 1 aromatic rings. The molecule has 0 aliphatic heterocycles. The average molecular weight is 212 g/mol. The first-order valence-electron chi connectivity index (χ1n) is 4.54. The largest absolute Gasteiger partial charge is 0.507 e. The molecule has 0 aromatic heterocycles. The molecular formula is C10H16N2O3. The Bertz CT molecular complexity index is 342. The van der Waals surface area contributed by atoms with Crippen molar-refractivity contribution in [3.63, 3.8) is 0 Å². The predicted octanol–water partition coefficient (Wildman–Crippen LogP) is 0.368. The van der Waals surface area contributed by atoms with Gasteiger partial charge in [-0.15, -0.1) is 0 Å². The zero-order valence-corrected chi connectivity index (χ0v) is 8.86. The lowest BCUT2D eigenvalue weighted by molar-refractivity contribution is 0.375. The Morgan fingerprint density at radius 2 is 2.00 bits per heavy atom. The molecule has 0 aliphatic carbocycles. The second-order valence-corrected chi connectivity index (χ2v) is 3.10. The molecule has 84 valence electrons. The molecule has 1 atom stereocenters. The molecule has 5 nitrogen and oxygen atoms in total. The Kier molecular flexibility index (Phi) is 3.76. The Balaban J connectivity index is 3.24. The summed E-state index contributed by atoms with van der Waals surface area (Å²) in [6.07, 6.45) is 0. The quantitative estimate of drug-likeness (QED) is 0.670. The van der Waals surface area contributed by atoms with Crippen molar-refractivity contribution >= 4 is 0 Å². The monoisotopic (exact) mass is 212 g/mol. The smallest absolute Gasteiger partial charge is 0.131 e. The van der Waals surface area contributed by atoms with E-state index in [4.69, 9.17) is 20.9 Å². The van der Waals surface area contributed by atoms with Gasteiger partial charge in [-0.05, 0) is 0 Å². The molecule has 0 aliphatic rings. The summed E-state index contributed by atoms with van der Waals surface area (Å²) in [6.45, 7) is 0.232. The van der Waals surface area contributed by atoms with Gasteiger partial charge in [0.15, 0.2) is 0 Å². The van der Waals surface area contributed by atoms with Crippen molar-refractivity contribution < 1.29 is 14.6 Å². The highest BCUT2D eigenvalue weighted by molar-refractivity contribution is 5.51. The van der Waals surface area contributed by atoms with Crippen molar-refractivity contribution in [1.82, 2.24) is 0 Å². The highest BCUT2D eigenvalue weighted by Gasteiger charge is 2.17. The lowest BCUT2D eigenvalue weighted by atomic mass is 10.0. The third kappa shape index (κ3) is 2.31. The fraction of sp³-hybridized carbons (Fsp3) is 0.400. The van der Waals surface area contributed by atoms with Crippen molar-refractivity contribution in [2.75, 3.05) is 20.8 Å². The molecule has 0 radical (unpaired) electrons. The molecular weight excluding hydrogens is 196 g/mol. The van der Waals surface area contributed by atoms with Crippen LogP contribution in [0.4, 0.5) is 0 Å². The number of phenolic OH excluding ortho intramolecular Hbond substituents is 1. The first kappa shape index (κ1) is 11.6. The van der Waals surface area contributed by atoms with E-state index in [2.05, 4.69) is 0 Å². The van der Waals surface area contributed by atoms with Gasteiger partial charge in [0.2, 0.25) is 0 Å². The highest BCUT2D eigenvalue weighted by atomic mass is 16.5. The Hall–Kier alpha value is -1.46.